The normalized spacial score (nSPS) is 12.3. The Morgan fingerprint density at radius 1 is 1.19 bits per heavy atom. The second-order valence-electron chi connectivity index (χ2n) is 5.44. The Hall–Kier alpha value is -2.05. The summed E-state index contributed by atoms with van der Waals surface area (Å²) in [5.41, 5.74) is 1.12. The molecular weight excluding hydrogens is 260 g/mol. The number of ether oxygens (including phenoxy) is 1. The van der Waals surface area contributed by atoms with Gasteiger partial charge >= 0.3 is 0 Å². The van der Waals surface area contributed by atoms with Crippen LogP contribution in [0, 0.1) is 11.3 Å². The molecule has 3 nitrogen and oxygen atoms in total. The van der Waals surface area contributed by atoms with Crippen molar-refractivity contribution in [2.45, 2.75) is 45.9 Å². The molecule has 0 radical (unpaired) electrons. The van der Waals surface area contributed by atoms with Gasteiger partial charge in [-0.05, 0) is 23.3 Å². The van der Waals surface area contributed by atoms with Crippen molar-refractivity contribution in [2.75, 3.05) is 0 Å². The summed E-state index contributed by atoms with van der Waals surface area (Å²) in [5, 5.41) is 14.9. The monoisotopic (exact) mass is 282 g/mol. The van der Waals surface area contributed by atoms with Gasteiger partial charge in [-0.15, -0.1) is 0 Å². The first-order valence-electron chi connectivity index (χ1n) is 7.46. The van der Waals surface area contributed by atoms with Crippen molar-refractivity contribution in [1.29, 1.82) is 5.26 Å². The average Bonchev–Trinajstić information content (AvgIpc) is 2.50. The minimum Gasteiger partial charge on any atom is -0.475 e. The van der Waals surface area contributed by atoms with Crippen molar-refractivity contribution < 1.29 is 4.74 Å². The second kappa shape index (κ2) is 7.10. The lowest BCUT2D eigenvalue weighted by atomic mass is 10.0. The molecule has 0 aliphatic carbocycles. The van der Waals surface area contributed by atoms with E-state index in [2.05, 4.69) is 37.4 Å². The molecule has 0 aromatic heterocycles. The van der Waals surface area contributed by atoms with Crippen molar-refractivity contribution in [3.8, 4) is 11.8 Å². The highest BCUT2D eigenvalue weighted by atomic mass is 16.5. The average molecular weight is 282 g/mol. The first-order valence-corrected chi connectivity index (χ1v) is 7.46. The minimum absolute atomic E-state index is 0.398. The second-order valence-corrected chi connectivity index (χ2v) is 5.44. The summed E-state index contributed by atoms with van der Waals surface area (Å²) in [5.74, 6) is 0.801. The zero-order valence-corrected chi connectivity index (χ0v) is 12.9. The predicted molar refractivity (Wildman–Crippen MR) is 86.2 cm³/mol. The van der Waals surface area contributed by atoms with Crippen LogP contribution in [-0.2, 0) is 6.54 Å². The molecule has 0 fully saturated rings. The number of hydrogen-bond donors (Lipinski definition) is 1. The lowest BCUT2D eigenvalue weighted by molar-refractivity contribution is 0.249. The number of nitrogens with zero attached hydrogens (tertiary/aromatic N) is 1. The van der Waals surface area contributed by atoms with Crippen molar-refractivity contribution in [1.82, 2.24) is 5.32 Å². The van der Waals surface area contributed by atoms with E-state index in [0.29, 0.717) is 12.5 Å². The van der Waals surface area contributed by atoms with Gasteiger partial charge in [0.25, 0.3) is 0 Å². The third-order valence-corrected chi connectivity index (χ3v) is 3.47. The lowest BCUT2D eigenvalue weighted by Crippen LogP contribution is -2.23. The van der Waals surface area contributed by atoms with Crippen LogP contribution in [0.3, 0.4) is 0 Å². The van der Waals surface area contributed by atoms with Crippen molar-refractivity contribution in [3.63, 3.8) is 0 Å². The molecule has 1 N–H and O–H groups in total. The van der Waals surface area contributed by atoms with Crippen LogP contribution in [0.1, 0.15) is 32.8 Å². The van der Waals surface area contributed by atoms with Crippen LogP contribution in [0.5, 0.6) is 5.75 Å². The van der Waals surface area contributed by atoms with E-state index < -0.39 is 6.10 Å². The maximum atomic E-state index is 9.12. The van der Waals surface area contributed by atoms with Gasteiger partial charge in [-0.25, -0.2) is 0 Å². The summed E-state index contributed by atoms with van der Waals surface area (Å²) in [7, 11) is 0. The molecule has 0 aliphatic heterocycles. The van der Waals surface area contributed by atoms with Crippen molar-refractivity contribution in [3.05, 3.63) is 42.0 Å². The van der Waals surface area contributed by atoms with Gasteiger partial charge in [-0.3, -0.25) is 0 Å². The summed E-state index contributed by atoms with van der Waals surface area (Å²) < 4.78 is 5.88. The highest BCUT2D eigenvalue weighted by Crippen LogP contribution is 2.29. The molecule has 2 aromatic rings. The third-order valence-electron chi connectivity index (χ3n) is 3.47. The summed E-state index contributed by atoms with van der Waals surface area (Å²) in [4.78, 5) is 0. The Morgan fingerprint density at radius 2 is 1.95 bits per heavy atom. The van der Waals surface area contributed by atoms with Gasteiger partial charge in [0.15, 0.2) is 6.10 Å². The first-order chi connectivity index (χ1) is 10.2. The molecule has 2 rings (SSSR count). The number of benzene rings is 2. The van der Waals surface area contributed by atoms with Crippen molar-refractivity contribution >= 4 is 10.8 Å². The Labute approximate surface area is 126 Å². The molecule has 0 saturated carbocycles. The molecule has 3 heteroatoms. The number of fused-ring (bicyclic) bond motifs is 1. The van der Waals surface area contributed by atoms with Gasteiger partial charge in [-0.1, -0.05) is 51.1 Å². The smallest absolute Gasteiger partial charge is 0.184 e. The van der Waals surface area contributed by atoms with Crippen LogP contribution in [0.2, 0.25) is 0 Å². The van der Waals surface area contributed by atoms with Crippen LogP contribution in [0.15, 0.2) is 36.4 Å². The SMILES string of the molecule is CCC(C#N)Oc1ccc2ccccc2c1CNC(C)C. The molecule has 1 unspecified atom stereocenters. The quantitative estimate of drug-likeness (QED) is 0.870. The first kappa shape index (κ1) is 15.3. The van der Waals surface area contributed by atoms with E-state index in [4.69, 9.17) is 10.00 Å². The third kappa shape index (κ3) is 3.74. The summed E-state index contributed by atoms with van der Waals surface area (Å²) in [6.07, 6.45) is 0.282. The fourth-order valence-electron chi connectivity index (χ4n) is 2.27. The zero-order chi connectivity index (χ0) is 15.2. The number of nitrogens with one attached hydrogen (secondary N) is 1. The van der Waals surface area contributed by atoms with Gasteiger partial charge in [-0.2, -0.15) is 5.26 Å². The standard InChI is InChI=1S/C18H22N2O/c1-4-15(11-19)21-18-10-9-14-7-5-6-8-16(14)17(18)12-20-13(2)3/h5-10,13,15,20H,4,12H2,1-3H3. The van der Waals surface area contributed by atoms with Crippen LogP contribution in [0.25, 0.3) is 10.8 Å². The van der Waals surface area contributed by atoms with E-state index >= 15 is 0 Å². The fourth-order valence-corrected chi connectivity index (χ4v) is 2.27. The molecule has 0 aliphatic rings. The van der Waals surface area contributed by atoms with Gasteiger partial charge in [0, 0.05) is 18.2 Å². The van der Waals surface area contributed by atoms with E-state index in [9.17, 15) is 0 Å². The van der Waals surface area contributed by atoms with E-state index in [1.807, 2.05) is 31.2 Å². The van der Waals surface area contributed by atoms with Gasteiger partial charge in [0.1, 0.15) is 11.8 Å². The Balaban J connectivity index is 2.43. The minimum atomic E-state index is -0.399. The van der Waals surface area contributed by atoms with E-state index in [0.717, 1.165) is 17.9 Å². The molecule has 21 heavy (non-hydrogen) atoms. The van der Waals surface area contributed by atoms with Crippen LogP contribution in [0.4, 0.5) is 0 Å². The highest BCUT2D eigenvalue weighted by Gasteiger charge is 2.13. The van der Waals surface area contributed by atoms with Crippen molar-refractivity contribution in [2.24, 2.45) is 0 Å². The van der Waals surface area contributed by atoms with Crippen LogP contribution >= 0.6 is 0 Å². The molecule has 1 atom stereocenters. The van der Waals surface area contributed by atoms with Crippen LogP contribution in [-0.4, -0.2) is 12.1 Å². The molecule has 0 saturated heterocycles. The van der Waals surface area contributed by atoms with Gasteiger partial charge in [0.2, 0.25) is 0 Å². The molecule has 110 valence electrons. The largest absolute Gasteiger partial charge is 0.475 e. The molecule has 0 heterocycles. The molecule has 0 bridgehead atoms. The summed E-state index contributed by atoms with van der Waals surface area (Å²) in [6, 6.07) is 14.9. The van der Waals surface area contributed by atoms with Gasteiger partial charge < -0.3 is 10.1 Å². The number of nitriles is 1. The summed E-state index contributed by atoms with van der Waals surface area (Å²) in [6.45, 7) is 6.93. The van der Waals surface area contributed by atoms with E-state index in [1.165, 1.54) is 10.8 Å². The predicted octanol–water partition coefficient (Wildman–Crippen LogP) is 4.02. The van der Waals surface area contributed by atoms with E-state index in [-0.39, 0.29) is 0 Å². The number of rotatable bonds is 6. The van der Waals surface area contributed by atoms with Gasteiger partial charge in [0.05, 0.1) is 0 Å². The highest BCUT2D eigenvalue weighted by molar-refractivity contribution is 5.87. The zero-order valence-electron chi connectivity index (χ0n) is 12.9. The number of hydrogen-bond acceptors (Lipinski definition) is 3. The Morgan fingerprint density at radius 3 is 2.62 bits per heavy atom. The maximum absolute atomic E-state index is 9.12. The topological polar surface area (TPSA) is 45.0 Å². The summed E-state index contributed by atoms with van der Waals surface area (Å²) >= 11 is 0. The van der Waals surface area contributed by atoms with Crippen LogP contribution < -0.4 is 10.1 Å². The fraction of sp³-hybridized carbons (Fsp3) is 0.389. The molecule has 0 amide bonds. The Kier molecular flexibility index (Phi) is 5.19. The van der Waals surface area contributed by atoms with E-state index in [1.54, 1.807) is 0 Å². The lowest BCUT2D eigenvalue weighted by Gasteiger charge is -2.18. The molecule has 0 spiro atoms. The maximum Gasteiger partial charge on any atom is 0.184 e. The molecule has 2 aromatic carbocycles. The molecular formula is C18H22N2O. The Bertz CT molecular complexity index is 643.